The molecule has 2 saturated carbocycles. The van der Waals surface area contributed by atoms with Crippen LogP contribution in [-0.2, 0) is 19.2 Å². The van der Waals surface area contributed by atoms with E-state index in [1.165, 1.54) is 4.90 Å². The molecule has 2 N–H and O–H groups in total. The van der Waals surface area contributed by atoms with Gasteiger partial charge in [0.1, 0.15) is 12.1 Å². The summed E-state index contributed by atoms with van der Waals surface area (Å²) in [5.41, 5.74) is -1.04. The molecule has 0 bridgehead atoms. The van der Waals surface area contributed by atoms with Gasteiger partial charge in [-0.2, -0.15) is 18.4 Å². The van der Waals surface area contributed by atoms with Crippen molar-refractivity contribution in [3.63, 3.8) is 0 Å². The highest BCUT2D eigenvalue weighted by molar-refractivity contribution is 5.93. The summed E-state index contributed by atoms with van der Waals surface area (Å²) in [7, 11) is 0. The summed E-state index contributed by atoms with van der Waals surface area (Å²) in [6.45, 7) is 5.10. The number of ketones is 1. The fourth-order valence-corrected chi connectivity index (χ4v) is 7.03. The zero-order valence-electron chi connectivity index (χ0n) is 24.3. The van der Waals surface area contributed by atoms with E-state index in [0.29, 0.717) is 18.8 Å². The quantitative estimate of drug-likeness (QED) is 0.441. The average molecular weight is 581 g/mol. The Labute approximate surface area is 240 Å². The lowest BCUT2D eigenvalue weighted by Crippen LogP contribution is -2.53. The largest absolute Gasteiger partial charge is 0.449 e. The Morgan fingerprint density at radius 2 is 1.73 bits per heavy atom. The van der Waals surface area contributed by atoms with Crippen LogP contribution in [0.2, 0.25) is 0 Å². The van der Waals surface area contributed by atoms with E-state index in [9.17, 15) is 37.6 Å². The molecule has 5 atom stereocenters. The minimum atomic E-state index is -5.05. The van der Waals surface area contributed by atoms with Gasteiger partial charge in [-0.15, -0.1) is 0 Å². The van der Waals surface area contributed by atoms with Crippen LogP contribution in [0.3, 0.4) is 0 Å². The van der Waals surface area contributed by atoms with Crippen molar-refractivity contribution in [1.29, 1.82) is 5.26 Å². The Hall–Kier alpha value is -2.64. The van der Waals surface area contributed by atoms with Crippen molar-refractivity contribution in [1.82, 2.24) is 15.5 Å². The van der Waals surface area contributed by atoms with Crippen LogP contribution in [0.25, 0.3) is 0 Å². The van der Waals surface area contributed by atoms with E-state index in [0.717, 1.165) is 51.4 Å². The Balaban J connectivity index is 1.50. The van der Waals surface area contributed by atoms with Crippen molar-refractivity contribution < 1.29 is 32.3 Å². The number of Topliss-reactive ketones (excluding diaryl/α,β-unsaturated/α-hetero) is 1. The molecular weight excluding hydrogens is 537 g/mol. The topological polar surface area (TPSA) is 119 Å². The number of likely N-dealkylation sites (tertiary alicyclic amines) is 1. The summed E-state index contributed by atoms with van der Waals surface area (Å²) in [5, 5.41) is 15.6. The van der Waals surface area contributed by atoms with E-state index >= 15 is 0 Å². The zero-order valence-corrected chi connectivity index (χ0v) is 24.3. The van der Waals surface area contributed by atoms with Gasteiger partial charge in [-0.3, -0.25) is 19.2 Å². The van der Waals surface area contributed by atoms with Gasteiger partial charge in [-0.05, 0) is 55.8 Å². The van der Waals surface area contributed by atoms with E-state index in [4.69, 9.17) is 0 Å². The first kappa shape index (κ1) is 31.3. The van der Waals surface area contributed by atoms with Gasteiger partial charge in [0.15, 0.2) is 0 Å². The van der Waals surface area contributed by atoms with Gasteiger partial charge in [0.25, 0.3) is 0 Å². The van der Waals surface area contributed by atoms with Crippen LogP contribution in [0.15, 0.2) is 0 Å². The van der Waals surface area contributed by atoms with Crippen molar-refractivity contribution in [2.24, 2.45) is 29.1 Å². The number of nitrogens with one attached hydrogen (secondary N) is 2. The van der Waals surface area contributed by atoms with E-state index < -0.39 is 59.5 Å². The lowest BCUT2D eigenvalue weighted by Gasteiger charge is -2.35. The number of piperidine rings is 1. The van der Waals surface area contributed by atoms with Crippen molar-refractivity contribution in [2.45, 2.75) is 122 Å². The van der Waals surface area contributed by atoms with Crippen molar-refractivity contribution in [2.75, 3.05) is 6.54 Å². The van der Waals surface area contributed by atoms with E-state index in [2.05, 4.69) is 16.7 Å². The number of rotatable bonds is 8. The fraction of sp³-hybridized carbons (Fsp3) is 0.833. The fourth-order valence-electron chi connectivity index (χ4n) is 7.03. The first-order chi connectivity index (χ1) is 19.1. The Bertz CT molecular complexity index is 1070. The lowest BCUT2D eigenvalue weighted by atomic mass is 9.76. The van der Waals surface area contributed by atoms with Gasteiger partial charge in [0, 0.05) is 24.4 Å². The van der Waals surface area contributed by atoms with Gasteiger partial charge in [-0.1, -0.05) is 52.9 Å². The molecule has 2 aliphatic heterocycles. The SMILES string of the molecule is CC(C)(C)[C@H](CC(=O)C(F)(F)F)C(=O)N1CC(C2CCCCC2)C[C@H]1C(=O)N[C@H](C#N)C[C@@H]1CCC2(CC2)NC1=O. The molecule has 1 unspecified atom stereocenters. The van der Waals surface area contributed by atoms with Gasteiger partial charge < -0.3 is 15.5 Å². The summed E-state index contributed by atoms with van der Waals surface area (Å²) >= 11 is 0. The highest BCUT2D eigenvalue weighted by Crippen LogP contribution is 2.44. The van der Waals surface area contributed by atoms with Crippen molar-refractivity contribution >= 4 is 23.5 Å². The summed E-state index contributed by atoms with van der Waals surface area (Å²) in [4.78, 5) is 53.5. The third-order valence-corrected chi connectivity index (χ3v) is 9.86. The summed E-state index contributed by atoms with van der Waals surface area (Å²) in [5.74, 6) is -4.59. The van der Waals surface area contributed by atoms with E-state index in [1.807, 2.05) is 0 Å². The maximum Gasteiger partial charge on any atom is 0.449 e. The third kappa shape index (κ3) is 7.42. The molecule has 228 valence electrons. The van der Waals surface area contributed by atoms with Crippen LogP contribution in [0.4, 0.5) is 13.2 Å². The highest BCUT2D eigenvalue weighted by atomic mass is 19.4. The first-order valence-electron chi connectivity index (χ1n) is 15.1. The van der Waals surface area contributed by atoms with Gasteiger partial charge in [-0.25, -0.2) is 0 Å². The predicted octanol–water partition coefficient (Wildman–Crippen LogP) is 4.42. The van der Waals surface area contributed by atoms with Crippen molar-refractivity contribution in [3.05, 3.63) is 0 Å². The molecule has 0 aromatic rings. The second kappa shape index (κ2) is 11.9. The number of nitriles is 1. The summed E-state index contributed by atoms with van der Waals surface area (Å²) in [6, 6.07) is 0.189. The number of amides is 3. The smallest absolute Gasteiger partial charge is 0.350 e. The Morgan fingerprint density at radius 3 is 2.27 bits per heavy atom. The molecular formula is C30H43F3N4O4. The number of alkyl halides is 3. The molecule has 0 radical (unpaired) electrons. The summed E-state index contributed by atoms with van der Waals surface area (Å²) in [6.07, 6.45) is 3.04. The minimum absolute atomic E-state index is 0.00771. The maximum atomic E-state index is 13.9. The van der Waals surface area contributed by atoms with Crippen LogP contribution < -0.4 is 10.6 Å². The van der Waals surface area contributed by atoms with Crippen LogP contribution in [-0.4, -0.2) is 58.7 Å². The normalized spacial score (nSPS) is 28.0. The van der Waals surface area contributed by atoms with Crippen LogP contribution in [0, 0.1) is 40.4 Å². The zero-order chi connectivity index (χ0) is 30.2. The molecule has 4 rings (SSSR count). The van der Waals surface area contributed by atoms with E-state index in [1.54, 1.807) is 20.8 Å². The monoisotopic (exact) mass is 580 g/mol. The molecule has 3 amide bonds. The minimum Gasteiger partial charge on any atom is -0.350 e. The summed E-state index contributed by atoms with van der Waals surface area (Å²) < 4.78 is 39.6. The molecule has 1 spiro atoms. The maximum absolute atomic E-state index is 13.9. The van der Waals surface area contributed by atoms with Gasteiger partial charge in [0.05, 0.1) is 12.0 Å². The Kier molecular flexibility index (Phi) is 9.10. The average Bonchev–Trinajstić information content (AvgIpc) is 3.49. The molecule has 41 heavy (non-hydrogen) atoms. The number of nitrogens with zero attached hydrogens (tertiary/aromatic N) is 2. The lowest BCUT2D eigenvalue weighted by molar-refractivity contribution is -0.174. The van der Waals surface area contributed by atoms with Gasteiger partial charge in [0.2, 0.25) is 23.5 Å². The second-order valence-electron chi connectivity index (χ2n) is 13.9. The number of carbonyl (C=O) groups is 4. The predicted molar refractivity (Wildman–Crippen MR) is 144 cm³/mol. The number of hydrogen-bond donors (Lipinski definition) is 2. The number of hydrogen-bond acceptors (Lipinski definition) is 5. The molecule has 2 heterocycles. The molecule has 0 aromatic carbocycles. The molecule has 0 aromatic heterocycles. The van der Waals surface area contributed by atoms with Crippen LogP contribution in [0.5, 0.6) is 0 Å². The number of carbonyl (C=O) groups excluding carboxylic acids is 4. The molecule has 4 aliphatic rings. The van der Waals surface area contributed by atoms with E-state index in [-0.39, 0.29) is 30.3 Å². The Morgan fingerprint density at radius 1 is 1.07 bits per heavy atom. The highest BCUT2D eigenvalue weighted by Gasteiger charge is 2.50. The molecule has 2 saturated heterocycles. The molecule has 4 fully saturated rings. The third-order valence-electron chi connectivity index (χ3n) is 9.86. The van der Waals surface area contributed by atoms with Crippen LogP contribution >= 0.6 is 0 Å². The number of halogens is 3. The molecule has 2 aliphatic carbocycles. The first-order valence-corrected chi connectivity index (χ1v) is 15.1. The van der Waals surface area contributed by atoms with Gasteiger partial charge >= 0.3 is 6.18 Å². The van der Waals surface area contributed by atoms with Crippen LogP contribution in [0.1, 0.15) is 97.8 Å². The molecule has 8 nitrogen and oxygen atoms in total. The van der Waals surface area contributed by atoms with Crippen molar-refractivity contribution in [3.8, 4) is 6.07 Å². The molecule has 11 heteroatoms. The second-order valence-corrected chi connectivity index (χ2v) is 13.9. The standard InChI is InChI=1S/C30H43F3N4O4/c1-28(2,3)22(15-24(38)30(31,32)33)27(41)37-17-20(18-7-5-4-6-8-18)14-23(37)26(40)35-21(16-34)13-19-9-10-29(11-12-29)36-25(19)39/h18-23H,4-15,17H2,1-3H3,(H,35,40)(H,36,39)/t19-,20?,21-,22+,23-/m0/s1.